The summed E-state index contributed by atoms with van der Waals surface area (Å²) < 4.78 is 0. The van der Waals surface area contributed by atoms with Crippen LogP contribution in [0, 0.1) is 6.92 Å². The average Bonchev–Trinajstić information content (AvgIpc) is 2.03. The van der Waals surface area contributed by atoms with Crippen molar-refractivity contribution in [2.45, 2.75) is 26.7 Å². The van der Waals surface area contributed by atoms with Crippen LogP contribution in [0.2, 0.25) is 0 Å². The number of aryl methyl sites for hydroxylation is 1. The van der Waals surface area contributed by atoms with Gasteiger partial charge in [0.05, 0.1) is 17.6 Å². The second-order valence-corrected chi connectivity index (χ2v) is 3.19. The third-order valence-corrected chi connectivity index (χ3v) is 1.75. The molecule has 0 unspecified atom stereocenters. The summed E-state index contributed by atoms with van der Waals surface area (Å²) in [5.41, 5.74) is 1.54. The van der Waals surface area contributed by atoms with Crippen LogP contribution < -0.4 is 0 Å². The van der Waals surface area contributed by atoms with Crippen LogP contribution in [0.15, 0.2) is 6.20 Å². The summed E-state index contributed by atoms with van der Waals surface area (Å²) in [6.07, 6.45) is 1.30. The molecule has 0 aromatic carbocycles. The van der Waals surface area contributed by atoms with Crippen LogP contribution in [0.3, 0.4) is 0 Å². The standard InChI is InChI=1S/C9H12N2O2/c1-5(2)8-6(3)11-7(4-10-8)9(12)13/h4-5H,1-3H3,(H,12,13). The molecule has 0 radical (unpaired) electrons. The van der Waals surface area contributed by atoms with Gasteiger partial charge in [0.2, 0.25) is 0 Å². The molecule has 4 nitrogen and oxygen atoms in total. The molecule has 0 saturated heterocycles. The summed E-state index contributed by atoms with van der Waals surface area (Å²) in [5.74, 6) is -0.763. The van der Waals surface area contributed by atoms with E-state index in [1.807, 2.05) is 13.8 Å². The third kappa shape index (κ3) is 2.02. The van der Waals surface area contributed by atoms with Crippen LogP contribution in [-0.2, 0) is 0 Å². The van der Waals surface area contributed by atoms with E-state index in [0.717, 1.165) is 5.69 Å². The molecule has 0 aliphatic rings. The molecule has 1 rings (SSSR count). The van der Waals surface area contributed by atoms with Crippen molar-refractivity contribution in [3.05, 3.63) is 23.3 Å². The van der Waals surface area contributed by atoms with E-state index in [9.17, 15) is 4.79 Å². The molecule has 1 aromatic heterocycles. The summed E-state index contributed by atoms with van der Waals surface area (Å²) in [7, 11) is 0. The Morgan fingerprint density at radius 1 is 1.54 bits per heavy atom. The minimum absolute atomic E-state index is 0.00176. The minimum Gasteiger partial charge on any atom is -0.476 e. The first-order chi connectivity index (χ1) is 6.02. The Balaban J connectivity index is 3.13. The van der Waals surface area contributed by atoms with Gasteiger partial charge in [-0.3, -0.25) is 4.98 Å². The van der Waals surface area contributed by atoms with E-state index in [1.54, 1.807) is 6.92 Å². The van der Waals surface area contributed by atoms with Crippen molar-refractivity contribution in [1.29, 1.82) is 0 Å². The molecule has 0 amide bonds. The molecule has 0 aliphatic heterocycles. The fourth-order valence-corrected chi connectivity index (χ4v) is 1.16. The van der Waals surface area contributed by atoms with Crippen molar-refractivity contribution >= 4 is 5.97 Å². The topological polar surface area (TPSA) is 63.1 Å². The van der Waals surface area contributed by atoms with Gasteiger partial charge >= 0.3 is 5.97 Å². The highest BCUT2D eigenvalue weighted by Gasteiger charge is 2.10. The van der Waals surface area contributed by atoms with Crippen LogP contribution in [0.5, 0.6) is 0 Å². The van der Waals surface area contributed by atoms with Gasteiger partial charge < -0.3 is 5.11 Å². The highest BCUT2D eigenvalue weighted by atomic mass is 16.4. The zero-order valence-corrected chi connectivity index (χ0v) is 7.90. The number of carbonyl (C=O) groups is 1. The fraction of sp³-hybridized carbons (Fsp3) is 0.444. The maximum atomic E-state index is 10.5. The molecule has 0 aliphatic carbocycles. The molecule has 0 saturated carbocycles. The van der Waals surface area contributed by atoms with E-state index in [2.05, 4.69) is 9.97 Å². The lowest BCUT2D eigenvalue weighted by atomic mass is 10.1. The van der Waals surface area contributed by atoms with E-state index in [-0.39, 0.29) is 11.6 Å². The lowest BCUT2D eigenvalue weighted by Crippen LogP contribution is -2.06. The summed E-state index contributed by atoms with van der Waals surface area (Å²) in [6.45, 7) is 5.77. The number of aromatic carboxylic acids is 1. The van der Waals surface area contributed by atoms with Gasteiger partial charge in [-0.25, -0.2) is 9.78 Å². The van der Waals surface area contributed by atoms with Crippen molar-refractivity contribution in [2.75, 3.05) is 0 Å². The van der Waals surface area contributed by atoms with E-state index < -0.39 is 5.97 Å². The van der Waals surface area contributed by atoms with E-state index in [0.29, 0.717) is 5.69 Å². The molecule has 13 heavy (non-hydrogen) atoms. The molecule has 0 fully saturated rings. The normalized spacial score (nSPS) is 10.5. The van der Waals surface area contributed by atoms with E-state index in [4.69, 9.17) is 5.11 Å². The zero-order chi connectivity index (χ0) is 10.0. The predicted octanol–water partition coefficient (Wildman–Crippen LogP) is 1.61. The first kappa shape index (κ1) is 9.64. The molecule has 0 bridgehead atoms. The minimum atomic E-state index is -1.04. The van der Waals surface area contributed by atoms with Gasteiger partial charge in [0.1, 0.15) is 0 Å². The maximum Gasteiger partial charge on any atom is 0.356 e. The first-order valence-corrected chi connectivity index (χ1v) is 4.09. The second-order valence-electron chi connectivity index (χ2n) is 3.19. The number of aromatic nitrogens is 2. The van der Waals surface area contributed by atoms with Gasteiger partial charge in [0.15, 0.2) is 5.69 Å². The molecule has 1 heterocycles. The number of rotatable bonds is 2. The summed E-state index contributed by atoms with van der Waals surface area (Å²) >= 11 is 0. The van der Waals surface area contributed by atoms with Gasteiger partial charge in [-0.1, -0.05) is 13.8 Å². The van der Waals surface area contributed by atoms with Crippen molar-refractivity contribution in [3.63, 3.8) is 0 Å². The van der Waals surface area contributed by atoms with Crippen molar-refractivity contribution < 1.29 is 9.90 Å². The van der Waals surface area contributed by atoms with Crippen LogP contribution in [-0.4, -0.2) is 21.0 Å². The van der Waals surface area contributed by atoms with Crippen LogP contribution >= 0.6 is 0 Å². The molecule has 1 N–H and O–H groups in total. The van der Waals surface area contributed by atoms with Gasteiger partial charge in [0.25, 0.3) is 0 Å². The van der Waals surface area contributed by atoms with Crippen LogP contribution in [0.4, 0.5) is 0 Å². The molecule has 0 spiro atoms. The van der Waals surface area contributed by atoms with Crippen molar-refractivity contribution in [1.82, 2.24) is 9.97 Å². The Labute approximate surface area is 76.7 Å². The SMILES string of the molecule is Cc1nc(C(=O)O)cnc1C(C)C. The quantitative estimate of drug-likeness (QED) is 0.750. The number of carboxylic acids is 1. The maximum absolute atomic E-state index is 10.5. The van der Waals surface area contributed by atoms with Crippen molar-refractivity contribution in [2.24, 2.45) is 0 Å². The number of hydrogen-bond donors (Lipinski definition) is 1. The largest absolute Gasteiger partial charge is 0.476 e. The van der Waals surface area contributed by atoms with Crippen LogP contribution in [0.1, 0.15) is 41.6 Å². The molecule has 1 aromatic rings. The zero-order valence-electron chi connectivity index (χ0n) is 7.90. The first-order valence-electron chi connectivity index (χ1n) is 4.09. The Bertz CT molecular complexity index is 334. The average molecular weight is 180 g/mol. The lowest BCUT2D eigenvalue weighted by Gasteiger charge is -2.07. The van der Waals surface area contributed by atoms with Crippen molar-refractivity contribution in [3.8, 4) is 0 Å². The van der Waals surface area contributed by atoms with E-state index >= 15 is 0 Å². The highest BCUT2D eigenvalue weighted by molar-refractivity contribution is 5.84. The van der Waals surface area contributed by atoms with E-state index in [1.165, 1.54) is 6.20 Å². The Morgan fingerprint density at radius 3 is 2.54 bits per heavy atom. The van der Waals surface area contributed by atoms with Crippen LogP contribution in [0.25, 0.3) is 0 Å². The fourth-order valence-electron chi connectivity index (χ4n) is 1.16. The Hall–Kier alpha value is -1.45. The number of hydrogen-bond acceptors (Lipinski definition) is 3. The third-order valence-electron chi connectivity index (χ3n) is 1.75. The molecular formula is C9H12N2O2. The summed E-state index contributed by atoms with van der Waals surface area (Å²) in [5, 5.41) is 8.64. The molecular weight excluding hydrogens is 168 g/mol. The van der Waals surface area contributed by atoms with Gasteiger partial charge in [-0.2, -0.15) is 0 Å². The Morgan fingerprint density at radius 2 is 2.15 bits per heavy atom. The highest BCUT2D eigenvalue weighted by Crippen LogP contribution is 2.14. The monoisotopic (exact) mass is 180 g/mol. The molecule has 0 atom stereocenters. The molecule has 4 heteroatoms. The predicted molar refractivity (Wildman–Crippen MR) is 47.8 cm³/mol. The van der Waals surface area contributed by atoms with Gasteiger partial charge in [0, 0.05) is 0 Å². The lowest BCUT2D eigenvalue weighted by molar-refractivity contribution is 0.0689. The second kappa shape index (κ2) is 3.51. The Kier molecular flexibility index (Phi) is 2.60. The smallest absolute Gasteiger partial charge is 0.356 e. The summed E-state index contributed by atoms with van der Waals surface area (Å²) in [4.78, 5) is 18.5. The number of nitrogens with zero attached hydrogens (tertiary/aromatic N) is 2. The summed E-state index contributed by atoms with van der Waals surface area (Å²) in [6, 6.07) is 0. The molecule has 70 valence electrons. The number of carboxylic acid groups (broad SMARTS) is 1. The van der Waals surface area contributed by atoms with Gasteiger partial charge in [-0.05, 0) is 12.8 Å². The van der Waals surface area contributed by atoms with Gasteiger partial charge in [-0.15, -0.1) is 0 Å².